The van der Waals surface area contributed by atoms with Crippen molar-refractivity contribution in [1.82, 2.24) is 9.55 Å². The Morgan fingerprint density at radius 1 is 1.20 bits per heavy atom. The molecule has 3 aromatic rings. The van der Waals surface area contributed by atoms with Gasteiger partial charge in [-0.3, -0.25) is 4.79 Å². The standard InChI is InChI=1S/C18H18BrN3O2.BrH/c19-14-6-3-5-13(11-14)17(24)12-22-16-8-2-1-7-15(16)21-18(22)20-9-4-10-23;/h1-3,5-8,11,23H,4,9-10,12H2,(H,20,21);1H/p-1. The third-order valence-corrected chi connectivity index (χ3v) is 4.21. The number of halogens is 2. The van der Waals surface area contributed by atoms with Gasteiger partial charge in [0.1, 0.15) is 0 Å². The molecule has 0 atom stereocenters. The Kier molecular flexibility index (Phi) is 7.16. The maximum Gasteiger partial charge on any atom is 0.204 e. The Balaban J connectivity index is 0.00000225. The van der Waals surface area contributed by atoms with Gasteiger partial charge in [-0.25, -0.2) is 4.98 Å². The molecule has 1 heterocycles. The first-order chi connectivity index (χ1) is 11.7. The van der Waals surface area contributed by atoms with Gasteiger partial charge in [0.25, 0.3) is 0 Å². The van der Waals surface area contributed by atoms with Crippen molar-refractivity contribution in [2.24, 2.45) is 0 Å². The van der Waals surface area contributed by atoms with Gasteiger partial charge in [-0.15, -0.1) is 0 Å². The molecule has 0 unspecified atom stereocenters. The monoisotopic (exact) mass is 466 g/mol. The second kappa shape index (κ2) is 9.12. The summed E-state index contributed by atoms with van der Waals surface area (Å²) in [6.07, 6.45) is 0.628. The molecule has 0 fully saturated rings. The highest BCUT2D eigenvalue weighted by Crippen LogP contribution is 2.21. The molecular formula is C18H18Br2N3O2-. The minimum Gasteiger partial charge on any atom is -1.00 e. The maximum atomic E-state index is 12.7. The summed E-state index contributed by atoms with van der Waals surface area (Å²) in [6.45, 7) is 0.924. The minimum absolute atomic E-state index is 0. The number of Topliss-reactive ketones (excluding diaryl/α,β-unsaturated/α-hetero) is 1. The van der Waals surface area contributed by atoms with Gasteiger partial charge in [0.2, 0.25) is 5.95 Å². The zero-order chi connectivity index (χ0) is 16.9. The van der Waals surface area contributed by atoms with Crippen LogP contribution in [0.25, 0.3) is 11.0 Å². The highest BCUT2D eigenvalue weighted by atomic mass is 79.9. The molecule has 3 rings (SSSR count). The first-order valence-electron chi connectivity index (χ1n) is 7.78. The lowest BCUT2D eigenvalue weighted by Gasteiger charge is -2.10. The molecule has 5 nitrogen and oxygen atoms in total. The number of carbonyl (C=O) groups excluding carboxylic acids is 1. The number of fused-ring (bicyclic) bond motifs is 1. The summed E-state index contributed by atoms with van der Waals surface area (Å²) in [5.74, 6) is 0.664. The summed E-state index contributed by atoms with van der Waals surface area (Å²) in [5.41, 5.74) is 2.40. The number of anilines is 1. The average molecular weight is 468 g/mol. The first-order valence-corrected chi connectivity index (χ1v) is 8.57. The zero-order valence-electron chi connectivity index (χ0n) is 13.5. The van der Waals surface area contributed by atoms with Crippen LogP contribution in [0.4, 0.5) is 5.95 Å². The summed E-state index contributed by atoms with van der Waals surface area (Å²) in [7, 11) is 0. The van der Waals surface area contributed by atoms with Crippen molar-refractivity contribution < 1.29 is 26.9 Å². The van der Waals surface area contributed by atoms with Crippen LogP contribution in [-0.2, 0) is 6.54 Å². The van der Waals surface area contributed by atoms with Crippen molar-refractivity contribution in [1.29, 1.82) is 0 Å². The predicted molar refractivity (Wildman–Crippen MR) is 98.4 cm³/mol. The largest absolute Gasteiger partial charge is 1.00 e. The molecule has 0 spiro atoms. The molecule has 0 aliphatic heterocycles. The Morgan fingerprint density at radius 2 is 2.00 bits per heavy atom. The number of carbonyl (C=O) groups is 1. The topological polar surface area (TPSA) is 67.2 Å². The Bertz CT molecular complexity index is 864. The number of benzene rings is 2. The number of nitrogens with one attached hydrogen (secondary N) is 1. The molecule has 0 saturated heterocycles. The SMILES string of the molecule is O=C(Cn1c(NCCCO)nc2ccccc21)c1cccc(Br)c1.[Br-]. The van der Waals surface area contributed by atoms with Gasteiger partial charge in [-0.05, 0) is 30.7 Å². The number of hydrogen-bond donors (Lipinski definition) is 2. The lowest BCUT2D eigenvalue weighted by molar-refractivity contribution is -0.0000137. The predicted octanol–water partition coefficient (Wildman–Crippen LogP) is 0.480. The van der Waals surface area contributed by atoms with E-state index in [1.54, 1.807) is 0 Å². The molecular weight excluding hydrogens is 450 g/mol. The third kappa shape index (κ3) is 4.68. The lowest BCUT2D eigenvalue weighted by atomic mass is 10.1. The van der Waals surface area contributed by atoms with Gasteiger partial charge in [-0.2, -0.15) is 0 Å². The highest BCUT2D eigenvalue weighted by molar-refractivity contribution is 9.10. The summed E-state index contributed by atoms with van der Waals surface area (Å²) >= 11 is 3.40. The van der Waals surface area contributed by atoms with Gasteiger partial charge in [0.15, 0.2) is 5.78 Å². The number of aromatic nitrogens is 2. The average Bonchev–Trinajstić information content (AvgIpc) is 2.93. The molecule has 2 aromatic carbocycles. The minimum atomic E-state index is 0. The van der Waals surface area contributed by atoms with E-state index in [0.29, 0.717) is 24.5 Å². The number of ketones is 1. The van der Waals surface area contributed by atoms with Crippen molar-refractivity contribution in [3.8, 4) is 0 Å². The number of hydrogen-bond acceptors (Lipinski definition) is 4. The fraction of sp³-hybridized carbons (Fsp3) is 0.222. The number of rotatable bonds is 7. The van der Waals surface area contributed by atoms with Gasteiger partial charge >= 0.3 is 0 Å². The summed E-state index contributed by atoms with van der Waals surface area (Å²) < 4.78 is 2.76. The molecule has 1 aromatic heterocycles. The smallest absolute Gasteiger partial charge is 0.204 e. The van der Waals surface area contributed by atoms with E-state index in [1.807, 2.05) is 53.1 Å². The van der Waals surface area contributed by atoms with Crippen LogP contribution < -0.4 is 22.3 Å². The number of aliphatic hydroxyl groups excluding tert-OH is 1. The van der Waals surface area contributed by atoms with Crippen molar-refractivity contribution in [2.75, 3.05) is 18.5 Å². The first kappa shape index (κ1) is 19.6. The molecule has 0 radical (unpaired) electrons. The van der Waals surface area contributed by atoms with Crippen LogP contribution in [0.5, 0.6) is 0 Å². The van der Waals surface area contributed by atoms with Crippen molar-refractivity contribution in [3.05, 3.63) is 58.6 Å². The van der Waals surface area contributed by atoms with Gasteiger partial charge < -0.3 is 32.0 Å². The van der Waals surface area contributed by atoms with Crippen molar-refractivity contribution in [3.63, 3.8) is 0 Å². The van der Waals surface area contributed by atoms with Crippen LogP contribution in [0.1, 0.15) is 16.8 Å². The van der Waals surface area contributed by atoms with E-state index in [2.05, 4.69) is 26.2 Å². The van der Waals surface area contributed by atoms with E-state index >= 15 is 0 Å². The summed E-state index contributed by atoms with van der Waals surface area (Å²) in [4.78, 5) is 17.2. The van der Waals surface area contributed by atoms with Crippen molar-refractivity contribution in [2.45, 2.75) is 13.0 Å². The molecule has 132 valence electrons. The second-order valence-corrected chi connectivity index (χ2v) is 6.36. The maximum absolute atomic E-state index is 12.7. The quantitative estimate of drug-likeness (QED) is 0.392. The molecule has 2 N–H and O–H groups in total. The van der Waals surface area contributed by atoms with Gasteiger partial charge in [0.05, 0.1) is 17.6 Å². The molecule has 0 aliphatic rings. The Morgan fingerprint density at radius 3 is 2.76 bits per heavy atom. The molecule has 0 aliphatic carbocycles. The van der Waals surface area contributed by atoms with Gasteiger partial charge in [-0.1, -0.05) is 40.2 Å². The second-order valence-electron chi connectivity index (χ2n) is 5.45. The van der Waals surface area contributed by atoms with E-state index in [1.165, 1.54) is 0 Å². The van der Waals surface area contributed by atoms with Crippen LogP contribution in [0, 0.1) is 0 Å². The molecule has 0 saturated carbocycles. The molecule has 25 heavy (non-hydrogen) atoms. The number of aliphatic hydroxyl groups is 1. The van der Waals surface area contributed by atoms with E-state index in [-0.39, 0.29) is 35.9 Å². The number of nitrogens with zero attached hydrogens (tertiary/aromatic N) is 2. The van der Waals surface area contributed by atoms with E-state index in [9.17, 15) is 4.79 Å². The van der Waals surface area contributed by atoms with Crippen LogP contribution in [0.3, 0.4) is 0 Å². The summed E-state index contributed by atoms with van der Waals surface area (Å²) in [5, 5.41) is 12.1. The fourth-order valence-corrected chi connectivity index (χ4v) is 2.95. The van der Waals surface area contributed by atoms with E-state index in [0.717, 1.165) is 15.5 Å². The zero-order valence-corrected chi connectivity index (χ0v) is 16.6. The van der Waals surface area contributed by atoms with Crippen LogP contribution in [-0.4, -0.2) is 33.6 Å². The van der Waals surface area contributed by atoms with Gasteiger partial charge in [0, 0.05) is 23.2 Å². The number of para-hydroxylation sites is 2. The van der Waals surface area contributed by atoms with E-state index in [4.69, 9.17) is 5.11 Å². The Hall–Kier alpha value is -1.70. The summed E-state index contributed by atoms with van der Waals surface area (Å²) in [6, 6.07) is 15.1. The molecule has 0 amide bonds. The van der Waals surface area contributed by atoms with Crippen LogP contribution >= 0.6 is 15.9 Å². The number of imidazole rings is 1. The third-order valence-electron chi connectivity index (χ3n) is 3.72. The van der Waals surface area contributed by atoms with Crippen LogP contribution in [0.15, 0.2) is 53.0 Å². The molecule has 0 bridgehead atoms. The van der Waals surface area contributed by atoms with Crippen molar-refractivity contribution >= 4 is 38.7 Å². The molecule has 7 heteroatoms. The van der Waals surface area contributed by atoms with E-state index < -0.39 is 0 Å². The Labute approximate surface area is 165 Å². The highest BCUT2D eigenvalue weighted by Gasteiger charge is 2.14. The lowest BCUT2D eigenvalue weighted by Crippen LogP contribution is -3.00. The van der Waals surface area contributed by atoms with Crippen LogP contribution in [0.2, 0.25) is 0 Å². The fourth-order valence-electron chi connectivity index (χ4n) is 2.55. The normalized spacial score (nSPS) is 10.5.